The second-order valence-corrected chi connectivity index (χ2v) is 1.90. The van der Waals surface area contributed by atoms with Crippen LogP contribution in [0.15, 0.2) is 23.8 Å². The Bertz CT molecular complexity index is 121. The van der Waals surface area contributed by atoms with Crippen LogP contribution in [0, 0.1) is 0 Å². The molecule has 0 fully saturated rings. The summed E-state index contributed by atoms with van der Waals surface area (Å²) in [5.74, 6) is 0. The fourth-order valence-electron chi connectivity index (χ4n) is 0.651. The minimum Gasteiger partial charge on any atom is -0.243 e. The normalized spacial score (nSPS) is 14.2. The van der Waals surface area contributed by atoms with E-state index in [2.05, 4.69) is 0 Å². The summed E-state index contributed by atoms with van der Waals surface area (Å²) in [5, 5.41) is 0. The quantitative estimate of drug-likeness (QED) is 0.535. The van der Waals surface area contributed by atoms with Crippen LogP contribution in [-0.2, 0) is 0 Å². The molecule has 11 heavy (non-hydrogen) atoms. The van der Waals surface area contributed by atoms with Crippen molar-refractivity contribution in [3.63, 3.8) is 0 Å². The number of hydrogen-bond acceptors (Lipinski definition) is 0. The Morgan fingerprint density at radius 2 is 1.73 bits per heavy atom. The van der Waals surface area contributed by atoms with Gasteiger partial charge in [-0.25, -0.2) is 4.39 Å². The number of rotatable bonds is 2. The molecule has 0 amide bonds. The van der Waals surface area contributed by atoms with Crippen LogP contribution in [0.5, 0.6) is 0 Å². The minimum atomic E-state index is -0.841. The Kier molecular flexibility index (Phi) is 11.1. The van der Waals surface area contributed by atoms with E-state index in [1.807, 2.05) is 33.8 Å². The lowest BCUT2D eigenvalue weighted by Crippen LogP contribution is -1.93. The van der Waals surface area contributed by atoms with Crippen molar-refractivity contribution in [2.24, 2.45) is 0 Å². The summed E-state index contributed by atoms with van der Waals surface area (Å²) < 4.78 is 12.4. The summed E-state index contributed by atoms with van der Waals surface area (Å²) in [5.41, 5.74) is 0.748. The molecule has 0 aliphatic heterocycles. The SMILES string of the molecule is C/C=C\C(=C/C)C(C)F.CC. The largest absolute Gasteiger partial charge is 0.243 e. The third-order valence-corrected chi connectivity index (χ3v) is 1.15. The smallest absolute Gasteiger partial charge is 0.122 e. The molecule has 0 spiro atoms. The molecule has 0 aliphatic rings. The minimum absolute atomic E-state index is 0.748. The zero-order chi connectivity index (χ0) is 9.28. The Morgan fingerprint density at radius 3 is 1.82 bits per heavy atom. The van der Waals surface area contributed by atoms with Gasteiger partial charge >= 0.3 is 0 Å². The van der Waals surface area contributed by atoms with E-state index in [0.717, 1.165) is 5.57 Å². The molecule has 0 aliphatic carbocycles. The molecule has 0 aromatic heterocycles. The van der Waals surface area contributed by atoms with Gasteiger partial charge in [0.05, 0.1) is 0 Å². The molecule has 0 aromatic rings. The lowest BCUT2D eigenvalue weighted by molar-refractivity contribution is 0.417. The van der Waals surface area contributed by atoms with E-state index < -0.39 is 6.17 Å². The van der Waals surface area contributed by atoms with Crippen LogP contribution in [0.25, 0.3) is 0 Å². The van der Waals surface area contributed by atoms with E-state index >= 15 is 0 Å². The first-order chi connectivity index (χ1) is 5.22. The van der Waals surface area contributed by atoms with Crippen molar-refractivity contribution in [3.8, 4) is 0 Å². The van der Waals surface area contributed by atoms with Gasteiger partial charge in [0.25, 0.3) is 0 Å². The number of hydrogen-bond donors (Lipinski definition) is 0. The zero-order valence-corrected chi connectivity index (χ0v) is 8.19. The van der Waals surface area contributed by atoms with Crippen LogP contribution < -0.4 is 0 Å². The summed E-state index contributed by atoms with van der Waals surface area (Å²) >= 11 is 0. The van der Waals surface area contributed by atoms with Gasteiger partial charge in [-0.15, -0.1) is 0 Å². The topological polar surface area (TPSA) is 0 Å². The Morgan fingerprint density at radius 1 is 1.27 bits per heavy atom. The Hall–Kier alpha value is -0.590. The molecule has 0 aromatic carbocycles. The number of halogens is 1. The van der Waals surface area contributed by atoms with Crippen molar-refractivity contribution >= 4 is 0 Å². The summed E-state index contributed by atoms with van der Waals surface area (Å²) in [6.45, 7) is 9.26. The molecule has 0 heterocycles. The fraction of sp³-hybridized carbons (Fsp3) is 0.600. The van der Waals surface area contributed by atoms with Crippen LogP contribution in [0.4, 0.5) is 4.39 Å². The van der Waals surface area contributed by atoms with Gasteiger partial charge in [0, 0.05) is 0 Å². The van der Waals surface area contributed by atoms with Gasteiger partial charge in [-0.3, -0.25) is 0 Å². The average molecular weight is 158 g/mol. The third-order valence-electron chi connectivity index (χ3n) is 1.15. The molecule has 0 N–H and O–H groups in total. The molecule has 0 rings (SSSR count). The molecule has 0 saturated heterocycles. The highest BCUT2D eigenvalue weighted by atomic mass is 19.1. The first-order valence-corrected chi connectivity index (χ1v) is 4.15. The van der Waals surface area contributed by atoms with Gasteiger partial charge in [-0.2, -0.15) is 0 Å². The summed E-state index contributed by atoms with van der Waals surface area (Å²) in [4.78, 5) is 0. The van der Waals surface area contributed by atoms with E-state index in [0.29, 0.717) is 0 Å². The number of alkyl halides is 1. The highest BCUT2D eigenvalue weighted by Gasteiger charge is 1.98. The van der Waals surface area contributed by atoms with Gasteiger partial charge in [0.15, 0.2) is 0 Å². The van der Waals surface area contributed by atoms with Gasteiger partial charge in [-0.05, 0) is 26.3 Å². The standard InChI is InChI=1S/C8H13F.C2H6/c1-4-6-8(5-2)7(3)9;1-2/h4-7H,1-3H3;1-2H3/b6-4-,8-5+;. The maximum atomic E-state index is 12.4. The molecule has 0 saturated carbocycles. The summed E-state index contributed by atoms with van der Waals surface area (Å²) in [6, 6.07) is 0. The molecule has 0 bridgehead atoms. The van der Waals surface area contributed by atoms with E-state index in [1.54, 1.807) is 12.2 Å². The van der Waals surface area contributed by atoms with Crippen LogP contribution in [0.3, 0.4) is 0 Å². The van der Waals surface area contributed by atoms with Crippen LogP contribution in [-0.4, -0.2) is 6.17 Å². The Balaban J connectivity index is 0. The first kappa shape index (κ1) is 13.0. The van der Waals surface area contributed by atoms with Crippen molar-refractivity contribution in [1.82, 2.24) is 0 Å². The van der Waals surface area contributed by atoms with Gasteiger partial charge < -0.3 is 0 Å². The molecule has 0 radical (unpaired) electrons. The monoisotopic (exact) mass is 158 g/mol. The highest BCUT2D eigenvalue weighted by Crippen LogP contribution is 2.06. The Labute approximate surface area is 69.8 Å². The molecule has 0 nitrogen and oxygen atoms in total. The van der Waals surface area contributed by atoms with Crippen LogP contribution in [0.1, 0.15) is 34.6 Å². The zero-order valence-electron chi connectivity index (χ0n) is 8.19. The summed E-state index contributed by atoms with van der Waals surface area (Å²) in [6.07, 6.45) is 4.56. The van der Waals surface area contributed by atoms with Crippen LogP contribution >= 0.6 is 0 Å². The van der Waals surface area contributed by atoms with E-state index in [9.17, 15) is 4.39 Å². The highest BCUT2D eigenvalue weighted by molar-refractivity contribution is 5.20. The molecule has 1 unspecified atom stereocenters. The van der Waals surface area contributed by atoms with Gasteiger partial charge in [0.2, 0.25) is 0 Å². The predicted molar refractivity (Wildman–Crippen MR) is 50.5 cm³/mol. The van der Waals surface area contributed by atoms with Gasteiger partial charge in [-0.1, -0.05) is 32.1 Å². The average Bonchev–Trinajstić information content (AvgIpc) is 2.03. The second-order valence-electron chi connectivity index (χ2n) is 1.90. The lowest BCUT2D eigenvalue weighted by atomic mass is 10.1. The summed E-state index contributed by atoms with van der Waals surface area (Å²) in [7, 11) is 0. The maximum Gasteiger partial charge on any atom is 0.122 e. The fourth-order valence-corrected chi connectivity index (χ4v) is 0.651. The third kappa shape index (κ3) is 7.31. The molecule has 1 heteroatoms. The molecule has 1 atom stereocenters. The van der Waals surface area contributed by atoms with E-state index in [1.165, 1.54) is 6.92 Å². The van der Waals surface area contributed by atoms with Crippen LogP contribution in [0.2, 0.25) is 0 Å². The predicted octanol–water partition coefficient (Wildman–Crippen LogP) is 3.89. The first-order valence-electron chi connectivity index (χ1n) is 4.15. The lowest BCUT2D eigenvalue weighted by Gasteiger charge is -1.99. The van der Waals surface area contributed by atoms with E-state index in [4.69, 9.17) is 0 Å². The molecule has 66 valence electrons. The maximum absolute atomic E-state index is 12.4. The van der Waals surface area contributed by atoms with Gasteiger partial charge in [0.1, 0.15) is 6.17 Å². The second kappa shape index (κ2) is 9.41. The molecular formula is C10H19F. The van der Waals surface area contributed by atoms with Crippen molar-refractivity contribution in [3.05, 3.63) is 23.8 Å². The van der Waals surface area contributed by atoms with Crippen molar-refractivity contribution in [2.45, 2.75) is 40.8 Å². The van der Waals surface area contributed by atoms with E-state index in [-0.39, 0.29) is 0 Å². The van der Waals surface area contributed by atoms with Crippen molar-refractivity contribution in [2.75, 3.05) is 0 Å². The molecular weight excluding hydrogens is 139 g/mol. The van der Waals surface area contributed by atoms with Crippen molar-refractivity contribution < 1.29 is 4.39 Å². The van der Waals surface area contributed by atoms with Crippen molar-refractivity contribution in [1.29, 1.82) is 0 Å². The number of allylic oxidation sites excluding steroid dienone is 4.